The number of allylic oxidation sites excluding steroid dienone is 2. The van der Waals surface area contributed by atoms with Crippen LogP contribution in [-0.4, -0.2) is 23.0 Å². The highest BCUT2D eigenvalue weighted by Gasteiger charge is 2.06. The van der Waals surface area contributed by atoms with Crippen molar-refractivity contribution >= 4 is 17.9 Å². The van der Waals surface area contributed by atoms with Crippen molar-refractivity contribution in [2.24, 2.45) is 0 Å². The molecule has 0 aromatic carbocycles. The molecule has 0 aliphatic heterocycles. The number of ether oxygens (including phenoxy) is 1. The molecular weight excluding hydrogens is 212 g/mol. The number of hydrogen-bond donors (Lipinski definition) is 1. The smallest absolute Gasteiger partial charge is 0.338 e. The van der Waals surface area contributed by atoms with Crippen molar-refractivity contribution in [3.05, 3.63) is 24.3 Å². The summed E-state index contributed by atoms with van der Waals surface area (Å²) >= 11 is 0. The third kappa shape index (κ3) is 8.68. The summed E-state index contributed by atoms with van der Waals surface area (Å²) in [5, 5.41) is 8.21. The molecule has 0 heterocycles. The van der Waals surface area contributed by atoms with Crippen molar-refractivity contribution in [1.29, 1.82) is 0 Å². The van der Waals surface area contributed by atoms with Gasteiger partial charge in [0.1, 0.15) is 0 Å². The summed E-state index contributed by atoms with van der Waals surface area (Å²) in [6, 6.07) is 0. The second-order valence-corrected chi connectivity index (χ2v) is 2.93. The molecule has 16 heavy (non-hydrogen) atoms. The van der Waals surface area contributed by atoms with Crippen LogP contribution in [0.25, 0.3) is 0 Å². The molecule has 0 atom stereocenters. The molecule has 0 radical (unpaired) electrons. The Labute approximate surface area is 93.4 Å². The minimum atomic E-state index is -1.27. The highest BCUT2D eigenvalue weighted by atomic mass is 16.6. The van der Waals surface area contributed by atoms with Crippen molar-refractivity contribution < 1.29 is 24.2 Å². The van der Waals surface area contributed by atoms with Gasteiger partial charge in [0.15, 0.2) is 0 Å². The van der Waals surface area contributed by atoms with Crippen LogP contribution in [0.2, 0.25) is 0 Å². The minimum absolute atomic E-state index is 0.136. The van der Waals surface area contributed by atoms with Crippen LogP contribution in [0, 0.1) is 0 Å². The zero-order chi connectivity index (χ0) is 12.4. The van der Waals surface area contributed by atoms with Gasteiger partial charge in [-0.3, -0.25) is 4.79 Å². The van der Waals surface area contributed by atoms with Gasteiger partial charge in [0, 0.05) is 18.6 Å². The molecule has 5 heteroatoms. The number of hydrogen-bond acceptors (Lipinski definition) is 4. The molecule has 0 aromatic heterocycles. The minimum Gasteiger partial charge on any atom is -0.478 e. The van der Waals surface area contributed by atoms with E-state index in [1.807, 2.05) is 19.1 Å². The molecule has 0 aromatic rings. The topological polar surface area (TPSA) is 80.7 Å². The molecule has 0 aliphatic rings. The molecule has 0 fully saturated rings. The standard InChI is InChI=1S/C11H14O5/c1-2-3-4-5-6-10(14)16-11(15)8-7-9(12)13/h2-3,7-8H,4-6H2,1H3,(H,12,13)/b3-2-,8-7+. The molecule has 0 spiro atoms. The van der Waals surface area contributed by atoms with E-state index in [1.54, 1.807) is 0 Å². The first-order chi connectivity index (χ1) is 7.56. The summed E-state index contributed by atoms with van der Waals surface area (Å²) in [5.74, 6) is -2.87. The Hall–Kier alpha value is -1.91. The number of carbonyl (C=O) groups excluding carboxylic acids is 2. The van der Waals surface area contributed by atoms with Crippen molar-refractivity contribution in [2.75, 3.05) is 0 Å². The van der Waals surface area contributed by atoms with Crippen LogP contribution in [0.3, 0.4) is 0 Å². The summed E-state index contributed by atoms with van der Waals surface area (Å²) in [4.78, 5) is 31.9. The molecule has 88 valence electrons. The van der Waals surface area contributed by atoms with E-state index in [0.29, 0.717) is 18.6 Å². The summed E-state index contributed by atoms with van der Waals surface area (Å²) in [6.07, 6.45) is 6.56. The number of carboxylic acid groups (broad SMARTS) is 1. The van der Waals surface area contributed by atoms with Crippen LogP contribution < -0.4 is 0 Å². The summed E-state index contributed by atoms with van der Waals surface area (Å²) in [6.45, 7) is 1.87. The van der Waals surface area contributed by atoms with Crippen LogP contribution in [0.4, 0.5) is 0 Å². The van der Waals surface area contributed by atoms with Crippen LogP contribution >= 0.6 is 0 Å². The SMILES string of the molecule is C/C=C\CCCC(=O)OC(=O)/C=C/C(=O)O. The number of carbonyl (C=O) groups is 3. The molecular formula is C11H14O5. The highest BCUT2D eigenvalue weighted by molar-refractivity contribution is 5.95. The lowest BCUT2D eigenvalue weighted by Gasteiger charge is -1.98. The molecule has 0 bridgehead atoms. The van der Waals surface area contributed by atoms with Gasteiger partial charge in [-0.2, -0.15) is 0 Å². The Morgan fingerprint density at radius 3 is 2.50 bits per heavy atom. The number of carboxylic acids is 1. The second-order valence-electron chi connectivity index (χ2n) is 2.93. The van der Waals surface area contributed by atoms with Gasteiger partial charge < -0.3 is 9.84 Å². The Kier molecular flexibility index (Phi) is 7.40. The maximum atomic E-state index is 11.0. The first-order valence-corrected chi connectivity index (χ1v) is 4.83. The first-order valence-electron chi connectivity index (χ1n) is 4.83. The number of unbranched alkanes of at least 4 members (excludes halogenated alkanes) is 1. The zero-order valence-electron chi connectivity index (χ0n) is 9.01. The highest BCUT2D eigenvalue weighted by Crippen LogP contribution is 1.99. The second kappa shape index (κ2) is 8.40. The number of esters is 2. The zero-order valence-corrected chi connectivity index (χ0v) is 9.01. The third-order valence-electron chi connectivity index (χ3n) is 1.56. The molecule has 1 N–H and O–H groups in total. The van der Waals surface area contributed by atoms with Gasteiger partial charge in [-0.05, 0) is 19.8 Å². The predicted octanol–water partition coefficient (Wildman–Crippen LogP) is 1.44. The molecule has 0 saturated carbocycles. The Balaban J connectivity index is 3.78. The van der Waals surface area contributed by atoms with Crippen molar-refractivity contribution in [1.82, 2.24) is 0 Å². The fraction of sp³-hybridized carbons (Fsp3) is 0.364. The normalized spacial score (nSPS) is 10.8. The van der Waals surface area contributed by atoms with Crippen molar-refractivity contribution in [3.8, 4) is 0 Å². The Morgan fingerprint density at radius 2 is 1.94 bits per heavy atom. The van der Waals surface area contributed by atoms with E-state index in [9.17, 15) is 14.4 Å². The van der Waals surface area contributed by atoms with E-state index in [-0.39, 0.29) is 6.42 Å². The molecule has 0 amide bonds. The van der Waals surface area contributed by atoms with Crippen LogP contribution in [0.1, 0.15) is 26.2 Å². The fourth-order valence-corrected chi connectivity index (χ4v) is 0.867. The number of rotatable bonds is 6. The monoisotopic (exact) mass is 226 g/mol. The third-order valence-corrected chi connectivity index (χ3v) is 1.56. The van der Waals surface area contributed by atoms with E-state index >= 15 is 0 Å². The summed E-state index contributed by atoms with van der Waals surface area (Å²) < 4.78 is 4.33. The van der Waals surface area contributed by atoms with Gasteiger partial charge >= 0.3 is 17.9 Å². The largest absolute Gasteiger partial charge is 0.478 e. The maximum absolute atomic E-state index is 11.0. The number of aliphatic carboxylic acids is 1. The van der Waals surface area contributed by atoms with Crippen LogP contribution in [-0.2, 0) is 19.1 Å². The van der Waals surface area contributed by atoms with Crippen LogP contribution in [0.15, 0.2) is 24.3 Å². The van der Waals surface area contributed by atoms with Crippen molar-refractivity contribution in [3.63, 3.8) is 0 Å². The van der Waals surface area contributed by atoms with Gasteiger partial charge in [-0.15, -0.1) is 0 Å². The molecule has 5 nitrogen and oxygen atoms in total. The summed E-state index contributed by atoms with van der Waals surface area (Å²) in [7, 11) is 0. The first kappa shape index (κ1) is 14.1. The van der Waals surface area contributed by atoms with Gasteiger partial charge in [-0.25, -0.2) is 9.59 Å². The van der Waals surface area contributed by atoms with Gasteiger partial charge in [0.25, 0.3) is 0 Å². The lowest BCUT2D eigenvalue weighted by molar-refractivity contribution is -0.156. The lowest BCUT2D eigenvalue weighted by Crippen LogP contribution is -2.10. The molecule has 0 aliphatic carbocycles. The van der Waals surface area contributed by atoms with E-state index in [4.69, 9.17) is 5.11 Å². The Bertz CT molecular complexity index is 314. The van der Waals surface area contributed by atoms with Gasteiger partial charge in [-0.1, -0.05) is 12.2 Å². The Morgan fingerprint density at radius 1 is 1.25 bits per heavy atom. The average Bonchev–Trinajstić information content (AvgIpc) is 2.21. The van der Waals surface area contributed by atoms with Crippen molar-refractivity contribution in [2.45, 2.75) is 26.2 Å². The van der Waals surface area contributed by atoms with E-state index < -0.39 is 17.9 Å². The van der Waals surface area contributed by atoms with Crippen LogP contribution in [0.5, 0.6) is 0 Å². The molecule has 0 rings (SSSR count). The fourth-order valence-electron chi connectivity index (χ4n) is 0.867. The van der Waals surface area contributed by atoms with E-state index in [2.05, 4.69) is 4.74 Å². The predicted molar refractivity (Wildman–Crippen MR) is 56.5 cm³/mol. The average molecular weight is 226 g/mol. The van der Waals surface area contributed by atoms with Gasteiger partial charge in [0.2, 0.25) is 0 Å². The van der Waals surface area contributed by atoms with E-state index in [1.165, 1.54) is 0 Å². The quantitative estimate of drug-likeness (QED) is 0.244. The molecule has 0 unspecified atom stereocenters. The molecule has 0 saturated heterocycles. The van der Waals surface area contributed by atoms with E-state index in [0.717, 1.165) is 6.42 Å². The lowest BCUT2D eigenvalue weighted by atomic mass is 10.2. The maximum Gasteiger partial charge on any atom is 0.338 e. The summed E-state index contributed by atoms with van der Waals surface area (Å²) in [5.41, 5.74) is 0. The van der Waals surface area contributed by atoms with Gasteiger partial charge in [0.05, 0.1) is 0 Å².